The predicted octanol–water partition coefficient (Wildman–Crippen LogP) is 3.39. The first kappa shape index (κ1) is 12.7. The third-order valence-corrected chi connectivity index (χ3v) is 2.93. The number of halogens is 2. The SMILES string of the molecule is CCC(C)C(C)Nc1c(F)cc(N)cc1F. The van der Waals surface area contributed by atoms with E-state index in [0.29, 0.717) is 5.92 Å². The van der Waals surface area contributed by atoms with E-state index in [2.05, 4.69) is 5.32 Å². The van der Waals surface area contributed by atoms with Crippen LogP contribution in [0.5, 0.6) is 0 Å². The number of nitrogens with two attached hydrogens (primary N) is 1. The molecule has 2 atom stereocenters. The summed E-state index contributed by atoms with van der Waals surface area (Å²) in [6.45, 7) is 5.98. The van der Waals surface area contributed by atoms with Gasteiger partial charge in [-0.1, -0.05) is 20.3 Å². The molecule has 2 unspecified atom stereocenters. The number of hydrogen-bond acceptors (Lipinski definition) is 2. The van der Waals surface area contributed by atoms with Crippen LogP contribution >= 0.6 is 0 Å². The lowest BCUT2D eigenvalue weighted by Gasteiger charge is -2.21. The molecule has 16 heavy (non-hydrogen) atoms. The maximum Gasteiger partial charge on any atom is 0.151 e. The van der Waals surface area contributed by atoms with Gasteiger partial charge in [-0.15, -0.1) is 0 Å². The molecule has 0 amide bonds. The number of nitrogen functional groups attached to an aromatic ring is 1. The summed E-state index contributed by atoms with van der Waals surface area (Å²) in [6, 6.07) is 2.25. The van der Waals surface area contributed by atoms with E-state index < -0.39 is 11.6 Å². The fourth-order valence-corrected chi connectivity index (χ4v) is 1.45. The first-order valence-electron chi connectivity index (χ1n) is 5.46. The molecule has 2 nitrogen and oxygen atoms in total. The van der Waals surface area contributed by atoms with Crippen LogP contribution in [0, 0.1) is 17.6 Å². The molecule has 1 aromatic rings. The summed E-state index contributed by atoms with van der Waals surface area (Å²) in [6.07, 6.45) is 0.951. The molecule has 3 N–H and O–H groups in total. The maximum atomic E-state index is 13.5. The second-order valence-electron chi connectivity index (χ2n) is 4.18. The van der Waals surface area contributed by atoms with Crippen LogP contribution in [0.3, 0.4) is 0 Å². The van der Waals surface area contributed by atoms with Gasteiger partial charge in [0, 0.05) is 11.7 Å². The average Bonchev–Trinajstić information content (AvgIpc) is 2.21. The van der Waals surface area contributed by atoms with E-state index in [0.717, 1.165) is 18.6 Å². The molecule has 0 saturated heterocycles. The van der Waals surface area contributed by atoms with Gasteiger partial charge in [-0.25, -0.2) is 8.78 Å². The zero-order chi connectivity index (χ0) is 12.3. The lowest BCUT2D eigenvalue weighted by atomic mass is 10.0. The maximum absolute atomic E-state index is 13.5. The molecule has 1 aromatic carbocycles. The Bertz CT molecular complexity index is 343. The summed E-state index contributed by atoms with van der Waals surface area (Å²) in [7, 11) is 0. The summed E-state index contributed by atoms with van der Waals surface area (Å²) in [5.74, 6) is -0.948. The van der Waals surface area contributed by atoms with Gasteiger partial charge in [0.25, 0.3) is 0 Å². The normalized spacial score (nSPS) is 14.6. The summed E-state index contributed by atoms with van der Waals surface area (Å²) < 4.78 is 26.9. The molecule has 0 saturated carbocycles. The number of rotatable bonds is 4. The first-order chi connectivity index (χ1) is 7.45. The average molecular weight is 228 g/mol. The zero-order valence-corrected chi connectivity index (χ0v) is 9.85. The highest BCUT2D eigenvalue weighted by molar-refractivity contribution is 5.54. The van der Waals surface area contributed by atoms with E-state index in [1.165, 1.54) is 0 Å². The summed E-state index contributed by atoms with van der Waals surface area (Å²) >= 11 is 0. The Hall–Kier alpha value is -1.32. The van der Waals surface area contributed by atoms with Gasteiger partial charge in [0.2, 0.25) is 0 Å². The molecule has 0 radical (unpaired) electrons. The van der Waals surface area contributed by atoms with Crippen molar-refractivity contribution in [3.63, 3.8) is 0 Å². The minimum Gasteiger partial charge on any atom is -0.399 e. The van der Waals surface area contributed by atoms with E-state index in [4.69, 9.17) is 5.73 Å². The Labute approximate surface area is 94.8 Å². The summed E-state index contributed by atoms with van der Waals surface area (Å²) in [5.41, 5.74) is 5.34. The van der Waals surface area contributed by atoms with Crippen LogP contribution in [-0.2, 0) is 0 Å². The minimum atomic E-state index is -0.646. The van der Waals surface area contributed by atoms with Gasteiger partial charge in [0.05, 0.1) is 0 Å². The van der Waals surface area contributed by atoms with Gasteiger partial charge in [0.1, 0.15) is 5.69 Å². The molecular formula is C12H18F2N2. The number of hydrogen-bond donors (Lipinski definition) is 2. The molecular weight excluding hydrogens is 210 g/mol. The molecule has 1 rings (SSSR count). The quantitative estimate of drug-likeness (QED) is 0.775. The van der Waals surface area contributed by atoms with E-state index in [1.807, 2.05) is 20.8 Å². The fraction of sp³-hybridized carbons (Fsp3) is 0.500. The molecule has 0 heterocycles. The van der Waals surface area contributed by atoms with Gasteiger partial charge in [-0.3, -0.25) is 0 Å². The highest BCUT2D eigenvalue weighted by Gasteiger charge is 2.15. The Morgan fingerprint density at radius 3 is 2.19 bits per heavy atom. The van der Waals surface area contributed by atoms with Crippen molar-refractivity contribution >= 4 is 11.4 Å². The van der Waals surface area contributed by atoms with Crippen LogP contribution < -0.4 is 11.1 Å². The van der Waals surface area contributed by atoms with E-state index in [-0.39, 0.29) is 17.4 Å². The van der Waals surface area contributed by atoms with Crippen molar-refractivity contribution in [1.29, 1.82) is 0 Å². The smallest absolute Gasteiger partial charge is 0.151 e. The number of nitrogens with one attached hydrogen (secondary N) is 1. The van der Waals surface area contributed by atoms with Crippen LogP contribution in [-0.4, -0.2) is 6.04 Å². The molecule has 0 aliphatic rings. The van der Waals surface area contributed by atoms with Gasteiger partial charge < -0.3 is 11.1 Å². The summed E-state index contributed by atoms with van der Waals surface area (Å²) in [4.78, 5) is 0. The van der Waals surface area contributed by atoms with Crippen LogP contribution in [0.25, 0.3) is 0 Å². The van der Waals surface area contributed by atoms with Crippen molar-refractivity contribution in [3.05, 3.63) is 23.8 Å². The third-order valence-electron chi connectivity index (χ3n) is 2.93. The lowest BCUT2D eigenvalue weighted by molar-refractivity contribution is 0.487. The standard InChI is InChI=1S/C12H18F2N2/c1-4-7(2)8(3)16-12-10(13)5-9(15)6-11(12)14/h5-8,16H,4,15H2,1-3H3. The van der Waals surface area contributed by atoms with E-state index >= 15 is 0 Å². The van der Waals surface area contributed by atoms with Gasteiger partial charge >= 0.3 is 0 Å². The highest BCUT2D eigenvalue weighted by Crippen LogP contribution is 2.24. The zero-order valence-electron chi connectivity index (χ0n) is 9.85. The van der Waals surface area contributed by atoms with E-state index in [9.17, 15) is 8.78 Å². The highest BCUT2D eigenvalue weighted by atomic mass is 19.1. The molecule has 4 heteroatoms. The second-order valence-corrected chi connectivity index (χ2v) is 4.18. The van der Waals surface area contributed by atoms with Crippen molar-refractivity contribution in [2.24, 2.45) is 5.92 Å². The van der Waals surface area contributed by atoms with Crippen LogP contribution in [0.15, 0.2) is 12.1 Å². The molecule has 0 aliphatic heterocycles. The van der Waals surface area contributed by atoms with Crippen molar-refractivity contribution in [3.8, 4) is 0 Å². The van der Waals surface area contributed by atoms with Gasteiger partial charge in [0.15, 0.2) is 11.6 Å². The molecule has 90 valence electrons. The Morgan fingerprint density at radius 1 is 1.25 bits per heavy atom. The van der Waals surface area contributed by atoms with E-state index in [1.54, 1.807) is 0 Å². The predicted molar refractivity (Wildman–Crippen MR) is 63.3 cm³/mol. The Balaban J connectivity index is 2.89. The molecule has 0 fully saturated rings. The topological polar surface area (TPSA) is 38.0 Å². The van der Waals surface area contributed by atoms with Crippen molar-refractivity contribution in [1.82, 2.24) is 0 Å². The molecule has 0 spiro atoms. The largest absolute Gasteiger partial charge is 0.399 e. The lowest BCUT2D eigenvalue weighted by Crippen LogP contribution is -2.24. The number of anilines is 2. The van der Waals surface area contributed by atoms with Crippen molar-refractivity contribution in [2.45, 2.75) is 33.2 Å². The van der Waals surface area contributed by atoms with Crippen LogP contribution in [0.2, 0.25) is 0 Å². The van der Waals surface area contributed by atoms with Gasteiger partial charge in [-0.2, -0.15) is 0 Å². The minimum absolute atomic E-state index is 0.0117. The van der Waals surface area contributed by atoms with Crippen LogP contribution in [0.1, 0.15) is 27.2 Å². The summed E-state index contributed by atoms with van der Waals surface area (Å²) in [5, 5.41) is 2.85. The number of benzene rings is 1. The van der Waals surface area contributed by atoms with Gasteiger partial charge in [-0.05, 0) is 25.0 Å². The second kappa shape index (κ2) is 5.14. The first-order valence-corrected chi connectivity index (χ1v) is 5.46. The fourth-order valence-electron chi connectivity index (χ4n) is 1.45. The van der Waals surface area contributed by atoms with Crippen LogP contribution in [0.4, 0.5) is 20.2 Å². The molecule has 0 aromatic heterocycles. The van der Waals surface area contributed by atoms with Crippen molar-refractivity contribution in [2.75, 3.05) is 11.1 Å². The Morgan fingerprint density at radius 2 is 1.75 bits per heavy atom. The molecule has 0 aliphatic carbocycles. The monoisotopic (exact) mass is 228 g/mol. The van der Waals surface area contributed by atoms with Crippen molar-refractivity contribution < 1.29 is 8.78 Å². The molecule has 0 bridgehead atoms. The third kappa shape index (κ3) is 2.84. The Kier molecular flexibility index (Phi) is 4.10.